The Morgan fingerprint density at radius 1 is 1.23 bits per heavy atom. The molecule has 3 aromatic rings. The SMILES string of the molecule is CC(O)CNC(=O)c1nc(NC(C)c2cncc(F)c2)nc2cc(C(F)(F)F)sc12. The molecule has 1 amide bonds. The van der Waals surface area contributed by atoms with Crippen LogP contribution in [0, 0.1) is 5.82 Å². The van der Waals surface area contributed by atoms with Gasteiger partial charge in [-0.05, 0) is 31.5 Å². The van der Waals surface area contributed by atoms with E-state index < -0.39 is 34.9 Å². The summed E-state index contributed by atoms with van der Waals surface area (Å²) in [6, 6.07) is 1.54. The average Bonchev–Trinajstić information content (AvgIpc) is 3.10. The molecule has 12 heteroatoms. The van der Waals surface area contributed by atoms with Crippen molar-refractivity contribution in [2.45, 2.75) is 32.2 Å². The van der Waals surface area contributed by atoms with Gasteiger partial charge in [0.2, 0.25) is 5.95 Å². The van der Waals surface area contributed by atoms with E-state index in [2.05, 4.69) is 25.6 Å². The third-order valence-corrected chi connectivity index (χ3v) is 5.17. The van der Waals surface area contributed by atoms with Crippen LogP contribution < -0.4 is 10.6 Å². The quantitative estimate of drug-likeness (QED) is 0.504. The number of aromatic nitrogens is 3. The zero-order valence-electron chi connectivity index (χ0n) is 15.8. The Balaban J connectivity index is 2.01. The molecule has 0 radical (unpaired) electrons. The van der Waals surface area contributed by atoms with Gasteiger partial charge in [-0.2, -0.15) is 13.2 Å². The van der Waals surface area contributed by atoms with Crippen molar-refractivity contribution in [2.24, 2.45) is 0 Å². The third-order valence-electron chi connectivity index (χ3n) is 4.00. The molecule has 3 rings (SSSR count). The number of thiophene rings is 1. The molecule has 3 N–H and O–H groups in total. The summed E-state index contributed by atoms with van der Waals surface area (Å²) in [5, 5.41) is 14.6. The molecule has 3 aromatic heterocycles. The fourth-order valence-electron chi connectivity index (χ4n) is 2.55. The van der Waals surface area contributed by atoms with E-state index in [1.165, 1.54) is 19.2 Å². The van der Waals surface area contributed by atoms with E-state index in [1.807, 2.05) is 0 Å². The van der Waals surface area contributed by atoms with E-state index in [0.717, 1.165) is 12.3 Å². The van der Waals surface area contributed by atoms with Crippen LogP contribution in [0.1, 0.15) is 40.8 Å². The minimum atomic E-state index is -4.60. The summed E-state index contributed by atoms with van der Waals surface area (Å²) in [4.78, 5) is 23.5. The maximum Gasteiger partial charge on any atom is 0.425 e. The zero-order valence-corrected chi connectivity index (χ0v) is 16.6. The molecule has 0 aliphatic carbocycles. The second kappa shape index (κ2) is 8.48. The molecule has 0 aliphatic rings. The standard InChI is InChI=1S/C18H17F4N5O2S/c1-8(28)5-24-16(29)14-15-12(4-13(30-15)18(20,21)22)26-17(27-14)25-9(2)10-3-11(19)7-23-6-10/h3-4,6-9,28H,5H2,1-2H3,(H,24,29)(H,25,26,27). The van der Waals surface area contributed by atoms with Gasteiger partial charge >= 0.3 is 6.18 Å². The van der Waals surface area contributed by atoms with E-state index in [1.54, 1.807) is 6.92 Å². The van der Waals surface area contributed by atoms with E-state index in [0.29, 0.717) is 16.9 Å². The van der Waals surface area contributed by atoms with Gasteiger partial charge < -0.3 is 15.7 Å². The van der Waals surface area contributed by atoms with Crippen LogP contribution in [0.2, 0.25) is 0 Å². The van der Waals surface area contributed by atoms with Gasteiger partial charge in [0.15, 0.2) is 5.69 Å². The topological polar surface area (TPSA) is 100 Å². The summed E-state index contributed by atoms with van der Waals surface area (Å²) < 4.78 is 52.8. The second-order valence-corrected chi connectivity index (χ2v) is 7.63. The molecule has 30 heavy (non-hydrogen) atoms. The molecule has 3 heterocycles. The first-order valence-electron chi connectivity index (χ1n) is 8.76. The van der Waals surface area contributed by atoms with Crippen LogP contribution in [0.4, 0.5) is 23.5 Å². The van der Waals surface area contributed by atoms with E-state index in [4.69, 9.17) is 0 Å². The number of alkyl halides is 3. The van der Waals surface area contributed by atoms with Gasteiger partial charge in [-0.15, -0.1) is 11.3 Å². The number of aliphatic hydroxyl groups excluding tert-OH is 1. The molecule has 0 spiro atoms. The lowest BCUT2D eigenvalue weighted by Crippen LogP contribution is -2.31. The molecule has 0 aromatic carbocycles. The lowest BCUT2D eigenvalue weighted by molar-refractivity contribution is -0.134. The first kappa shape index (κ1) is 21.8. The molecule has 0 saturated carbocycles. The van der Waals surface area contributed by atoms with Crippen LogP contribution in [0.25, 0.3) is 10.2 Å². The number of hydrogen-bond acceptors (Lipinski definition) is 7. The van der Waals surface area contributed by atoms with E-state index >= 15 is 0 Å². The predicted molar refractivity (Wildman–Crippen MR) is 103 cm³/mol. The fourth-order valence-corrected chi connectivity index (χ4v) is 3.50. The molecule has 0 fully saturated rings. The Morgan fingerprint density at radius 3 is 2.60 bits per heavy atom. The third kappa shape index (κ3) is 5.00. The number of rotatable bonds is 6. The van der Waals surface area contributed by atoms with Crippen LogP contribution in [0.15, 0.2) is 24.5 Å². The van der Waals surface area contributed by atoms with Crippen molar-refractivity contribution in [2.75, 3.05) is 11.9 Å². The van der Waals surface area contributed by atoms with Crippen molar-refractivity contribution in [1.82, 2.24) is 20.3 Å². The molecular formula is C18H17F4N5O2S. The molecule has 0 bridgehead atoms. The summed E-state index contributed by atoms with van der Waals surface area (Å²) in [6.45, 7) is 3.01. The van der Waals surface area contributed by atoms with Crippen molar-refractivity contribution in [3.05, 3.63) is 46.5 Å². The lowest BCUT2D eigenvalue weighted by Gasteiger charge is -2.15. The molecule has 0 aliphatic heterocycles. The highest BCUT2D eigenvalue weighted by Gasteiger charge is 2.34. The van der Waals surface area contributed by atoms with Crippen LogP contribution in [0.3, 0.4) is 0 Å². The Morgan fingerprint density at radius 2 is 1.97 bits per heavy atom. The minimum absolute atomic E-state index is 0.0314. The molecule has 2 atom stereocenters. The summed E-state index contributed by atoms with van der Waals surface area (Å²) in [5.74, 6) is -1.40. The number of anilines is 1. The highest BCUT2D eigenvalue weighted by molar-refractivity contribution is 7.19. The Hall–Kier alpha value is -2.86. The number of fused-ring (bicyclic) bond motifs is 1. The number of carbonyl (C=O) groups excluding carboxylic acids is 1. The Labute approximate surface area is 172 Å². The predicted octanol–water partition coefficient (Wildman–Crippen LogP) is 3.53. The van der Waals surface area contributed by atoms with Gasteiger partial charge in [0.25, 0.3) is 5.91 Å². The van der Waals surface area contributed by atoms with E-state index in [-0.39, 0.29) is 28.4 Å². The van der Waals surface area contributed by atoms with Crippen LogP contribution in [-0.2, 0) is 6.18 Å². The monoisotopic (exact) mass is 443 g/mol. The van der Waals surface area contributed by atoms with Crippen molar-refractivity contribution in [3.63, 3.8) is 0 Å². The van der Waals surface area contributed by atoms with Gasteiger partial charge in [0.05, 0.1) is 28.6 Å². The largest absolute Gasteiger partial charge is 0.425 e. The lowest BCUT2D eigenvalue weighted by atomic mass is 10.1. The maximum atomic E-state index is 13.4. The molecule has 7 nitrogen and oxygen atoms in total. The molecule has 2 unspecified atom stereocenters. The Kier molecular flexibility index (Phi) is 6.17. The minimum Gasteiger partial charge on any atom is -0.392 e. The van der Waals surface area contributed by atoms with Crippen molar-refractivity contribution < 1.29 is 27.5 Å². The fraction of sp³-hybridized carbons (Fsp3) is 0.333. The summed E-state index contributed by atoms with van der Waals surface area (Å²) in [6.07, 6.45) is -3.00. The summed E-state index contributed by atoms with van der Waals surface area (Å²) in [7, 11) is 0. The van der Waals surface area contributed by atoms with Crippen LogP contribution in [-0.4, -0.2) is 38.6 Å². The summed E-state index contributed by atoms with van der Waals surface area (Å²) >= 11 is 0.359. The molecule has 160 valence electrons. The maximum absolute atomic E-state index is 13.4. The average molecular weight is 443 g/mol. The number of aliphatic hydroxyl groups is 1. The highest BCUT2D eigenvalue weighted by Crippen LogP contribution is 2.38. The number of amides is 1. The first-order chi connectivity index (χ1) is 14.0. The van der Waals surface area contributed by atoms with Crippen molar-refractivity contribution in [1.29, 1.82) is 0 Å². The zero-order chi connectivity index (χ0) is 22.1. The van der Waals surface area contributed by atoms with Crippen molar-refractivity contribution in [3.8, 4) is 0 Å². The second-order valence-electron chi connectivity index (χ2n) is 6.58. The Bertz CT molecular complexity index is 1070. The van der Waals surface area contributed by atoms with Gasteiger partial charge in [0.1, 0.15) is 10.7 Å². The van der Waals surface area contributed by atoms with E-state index in [9.17, 15) is 27.5 Å². The van der Waals surface area contributed by atoms with Gasteiger partial charge in [-0.1, -0.05) is 0 Å². The summed E-state index contributed by atoms with van der Waals surface area (Å²) in [5.41, 5.74) is 0.143. The van der Waals surface area contributed by atoms with Gasteiger partial charge in [-0.25, -0.2) is 14.4 Å². The normalized spacial score (nSPS) is 13.8. The first-order valence-corrected chi connectivity index (χ1v) is 9.58. The number of hydrogen-bond donors (Lipinski definition) is 3. The van der Waals surface area contributed by atoms with Crippen LogP contribution in [0.5, 0.6) is 0 Å². The van der Waals surface area contributed by atoms with Crippen LogP contribution >= 0.6 is 11.3 Å². The molecular weight excluding hydrogens is 426 g/mol. The highest BCUT2D eigenvalue weighted by atomic mass is 32.1. The number of pyridine rings is 1. The number of nitrogens with one attached hydrogen (secondary N) is 2. The smallest absolute Gasteiger partial charge is 0.392 e. The number of halogens is 4. The number of carbonyl (C=O) groups is 1. The van der Waals surface area contributed by atoms with Gasteiger partial charge in [-0.3, -0.25) is 9.78 Å². The molecule has 0 saturated heterocycles. The number of nitrogens with zero attached hydrogens (tertiary/aromatic N) is 3. The van der Waals surface area contributed by atoms with Crippen molar-refractivity contribution >= 4 is 33.4 Å². The van der Waals surface area contributed by atoms with Gasteiger partial charge in [0, 0.05) is 12.7 Å².